The normalized spacial score (nSPS) is 14.6. The molecule has 0 spiro atoms. The lowest BCUT2D eigenvalue weighted by Crippen LogP contribution is -2.40. The molecule has 4 rings (SSSR count). The maximum Gasteiger partial charge on any atom is 0.262 e. The number of nitrogens with zero attached hydrogens (tertiary/aromatic N) is 2. The van der Waals surface area contributed by atoms with Crippen molar-refractivity contribution >= 4 is 38.1 Å². The Morgan fingerprint density at radius 1 is 1.06 bits per heavy atom. The fourth-order valence-electron chi connectivity index (χ4n) is 3.58. The van der Waals surface area contributed by atoms with Crippen molar-refractivity contribution in [1.82, 2.24) is 4.90 Å². The van der Waals surface area contributed by atoms with E-state index in [2.05, 4.69) is 4.72 Å². The molecule has 1 aliphatic rings. The van der Waals surface area contributed by atoms with E-state index in [0.717, 1.165) is 16.6 Å². The third kappa shape index (κ3) is 4.65. The van der Waals surface area contributed by atoms with Gasteiger partial charge in [-0.3, -0.25) is 9.52 Å². The van der Waals surface area contributed by atoms with E-state index in [4.69, 9.17) is 4.74 Å². The Bertz CT molecular complexity index is 1210. The fraction of sp³-hybridized carbons (Fsp3) is 0.261. The van der Waals surface area contributed by atoms with Crippen LogP contribution in [0.1, 0.15) is 5.56 Å². The van der Waals surface area contributed by atoms with Gasteiger partial charge in [-0.15, -0.1) is 0 Å². The van der Waals surface area contributed by atoms with Crippen LogP contribution in [0.5, 0.6) is 0 Å². The summed E-state index contributed by atoms with van der Waals surface area (Å²) in [5, 5.41) is 1.53. The van der Waals surface area contributed by atoms with E-state index in [-0.39, 0.29) is 17.4 Å². The maximum absolute atomic E-state index is 13.1. The molecule has 3 aromatic rings. The number of anilines is 2. The summed E-state index contributed by atoms with van der Waals surface area (Å²) in [5.41, 5.74) is 2.41. The van der Waals surface area contributed by atoms with E-state index in [0.29, 0.717) is 30.8 Å². The molecule has 7 nitrogen and oxygen atoms in total. The number of morpholine rings is 1. The lowest BCUT2D eigenvalue weighted by Gasteiger charge is -2.26. The predicted octanol–water partition coefficient (Wildman–Crippen LogP) is 3.07. The molecule has 1 fully saturated rings. The van der Waals surface area contributed by atoms with Crippen LogP contribution in [0.4, 0.5) is 11.4 Å². The molecule has 3 aromatic carbocycles. The van der Waals surface area contributed by atoms with Gasteiger partial charge in [0.05, 0.1) is 11.5 Å². The summed E-state index contributed by atoms with van der Waals surface area (Å²) in [6.07, 6.45) is 0. The van der Waals surface area contributed by atoms with Crippen LogP contribution >= 0.6 is 0 Å². The summed E-state index contributed by atoms with van der Waals surface area (Å²) >= 11 is 0. The highest BCUT2D eigenvalue weighted by Crippen LogP contribution is 2.28. The van der Waals surface area contributed by atoms with Crippen LogP contribution in [0.15, 0.2) is 65.6 Å². The molecule has 1 aliphatic heterocycles. The molecular weight excluding hydrogens is 414 g/mol. The molecule has 162 valence electrons. The van der Waals surface area contributed by atoms with Crippen LogP contribution in [0, 0.1) is 0 Å². The number of carbonyl (C=O) groups excluding carboxylic acids is 1. The molecule has 0 radical (unpaired) electrons. The fourth-order valence-corrected chi connectivity index (χ4v) is 4.87. The first-order valence-electron chi connectivity index (χ1n) is 10.0. The van der Waals surface area contributed by atoms with Crippen LogP contribution < -0.4 is 9.62 Å². The van der Waals surface area contributed by atoms with E-state index >= 15 is 0 Å². The van der Waals surface area contributed by atoms with Crippen molar-refractivity contribution in [3.8, 4) is 0 Å². The number of rotatable bonds is 6. The number of fused-ring (bicyclic) bond motifs is 1. The Labute approximate surface area is 182 Å². The van der Waals surface area contributed by atoms with E-state index in [9.17, 15) is 13.2 Å². The minimum atomic E-state index is -3.77. The molecule has 1 heterocycles. The number of hydrogen-bond acceptors (Lipinski definition) is 5. The number of benzene rings is 3. The standard InChI is InChI=1S/C23H25N3O4S/c1-25(2)20-10-11-21-18(14-20)4-3-5-22(21)31(28,29)24-19-8-6-17(7-9-19)15-26-12-13-30-16-23(26)27/h3-11,14,24H,12-13,15-16H2,1-2H3. The molecule has 8 heteroatoms. The highest BCUT2D eigenvalue weighted by Gasteiger charge is 2.20. The Kier molecular flexibility index (Phi) is 5.84. The van der Waals surface area contributed by atoms with E-state index in [1.165, 1.54) is 0 Å². The van der Waals surface area contributed by atoms with Crippen LogP contribution in [0.3, 0.4) is 0 Å². The molecule has 0 aliphatic carbocycles. The summed E-state index contributed by atoms with van der Waals surface area (Å²) in [6, 6.07) is 18.1. The molecule has 31 heavy (non-hydrogen) atoms. The van der Waals surface area contributed by atoms with Crippen molar-refractivity contribution in [3.63, 3.8) is 0 Å². The largest absolute Gasteiger partial charge is 0.378 e. The van der Waals surface area contributed by atoms with Crippen molar-refractivity contribution in [2.45, 2.75) is 11.4 Å². The zero-order valence-corrected chi connectivity index (χ0v) is 18.4. The van der Waals surface area contributed by atoms with Crippen LogP contribution in [0.2, 0.25) is 0 Å². The minimum absolute atomic E-state index is 0.0376. The lowest BCUT2D eigenvalue weighted by molar-refractivity contribution is -0.143. The zero-order chi connectivity index (χ0) is 22.0. The number of carbonyl (C=O) groups is 1. The molecule has 0 bridgehead atoms. The molecule has 0 unspecified atom stereocenters. The van der Waals surface area contributed by atoms with Gasteiger partial charge in [-0.2, -0.15) is 0 Å². The average Bonchev–Trinajstić information content (AvgIpc) is 2.75. The molecular formula is C23H25N3O4S. The summed E-state index contributed by atoms with van der Waals surface area (Å²) < 4.78 is 34.0. The first-order valence-corrected chi connectivity index (χ1v) is 11.5. The molecule has 0 aromatic heterocycles. The van der Waals surface area contributed by atoms with E-state index < -0.39 is 10.0 Å². The van der Waals surface area contributed by atoms with Gasteiger partial charge in [0.15, 0.2) is 0 Å². The van der Waals surface area contributed by atoms with Crippen molar-refractivity contribution in [2.24, 2.45) is 0 Å². The van der Waals surface area contributed by atoms with Gasteiger partial charge in [0.1, 0.15) is 6.61 Å². The molecule has 1 saturated heterocycles. The summed E-state index contributed by atoms with van der Waals surface area (Å²) in [4.78, 5) is 15.8. The topological polar surface area (TPSA) is 79.0 Å². The van der Waals surface area contributed by atoms with Gasteiger partial charge in [-0.1, -0.05) is 30.3 Å². The van der Waals surface area contributed by atoms with Crippen LogP contribution in [-0.2, 0) is 26.1 Å². The minimum Gasteiger partial charge on any atom is -0.378 e. The first kappa shape index (κ1) is 21.1. The van der Waals surface area contributed by atoms with Gasteiger partial charge in [-0.25, -0.2) is 8.42 Å². The summed E-state index contributed by atoms with van der Waals surface area (Å²) in [5.74, 6) is -0.0376. The third-order valence-corrected chi connectivity index (χ3v) is 6.73. The van der Waals surface area contributed by atoms with Gasteiger partial charge in [0.2, 0.25) is 5.91 Å². The van der Waals surface area contributed by atoms with E-state index in [1.807, 2.05) is 55.4 Å². The first-order chi connectivity index (χ1) is 14.8. The smallest absolute Gasteiger partial charge is 0.262 e. The number of amides is 1. The Morgan fingerprint density at radius 2 is 1.84 bits per heavy atom. The number of nitrogens with one attached hydrogen (secondary N) is 1. The molecule has 1 N–H and O–H groups in total. The second-order valence-electron chi connectivity index (χ2n) is 7.73. The Morgan fingerprint density at radius 3 is 2.55 bits per heavy atom. The summed E-state index contributed by atoms with van der Waals surface area (Å²) in [6.45, 7) is 1.68. The maximum atomic E-state index is 13.1. The van der Waals surface area contributed by atoms with Gasteiger partial charge < -0.3 is 14.5 Å². The van der Waals surface area contributed by atoms with Crippen LogP contribution in [-0.4, -0.2) is 53.1 Å². The third-order valence-electron chi connectivity index (χ3n) is 5.29. The summed E-state index contributed by atoms with van der Waals surface area (Å²) in [7, 11) is 0.126. The van der Waals surface area contributed by atoms with E-state index in [1.54, 1.807) is 29.2 Å². The highest BCUT2D eigenvalue weighted by atomic mass is 32.2. The van der Waals surface area contributed by atoms with Gasteiger partial charge in [-0.05, 0) is 41.3 Å². The van der Waals surface area contributed by atoms with Crippen molar-refractivity contribution in [2.75, 3.05) is 43.5 Å². The zero-order valence-electron chi connectivity index (χ0n) is 17.5. The number of hydrogen-bond donors (Lipinski definition) is 1. The second-order valence-corrected chi connectivity index (χ2v) is 9.38. The van der Waals surface area contributed by atoms with Gasteiger partial charge >= 0.3 is 0 Å². The SMILES string of the molecule is CN(C)c1ccc2c(S(=O)(=O)Nc3ccc(CN4CCOCC4=O)cc3)cccc2c1. The highest BCUT2D eigenvalue weighted by molar-refractivity contribution is 7.93. The molecule has 0 saturated carbocycles. The quantitative estimate of drug-likeness (QED) is 0.639. The Balaban J connectivity index is 1.54. The van der Waals surface area contributed by atoms with Crippen LogP contribution in [0.25, 0.3) is 10.8 Å². The monoisotopic (exact) mass is 439 g/mol. The Hall–Kier alpha value is -3.10. The van der Waals surface area contributed by atoms with Crippen molar-refractivity contribution in [1.29, 1.82) is 0 Å². The van der Waals surface area contributed by atoms with Crippen molar-refractivity contribution < 1.29 is 17.9 Å². The lowest BCUT2D eigenvalue weighted by atomic mass is 10.1. The average molecular weight is 440 g/mol. The van der Waals surface area contributed by atoms with Gasteiger partial charge in [0.25, 0.3) is 10.0 Å². The molecule has 1 amide bonds. The predicted molar refractivity (Wildman–Crippen MR) is 122 cm³/mol. The van der Waals surface area contributed by atoms with Crippen molar-refractivity contribution in [3.05, 3.63) is 66.2 Å². The molecule has 0 atom stereocenters. The number of ether oxygens (including phenoxy) is 1. The second kappa shape index (κ2) is 8.56. The number of sulfonamides is 1. The van der Waals surface area contributed by atoms with Gasteiger partial charge in [0, 0.05) is 43.9 Å².